The number of nitrogens with zero attached hydrogens (tertiary/aromatic N) is 4. The van der Waals surface area contributed by atoms with Crippen molar-refractivity contribution in [3.05, 3.63) is 12.1 Å². The maximum Gasteiger partial charge on any atom is 0.303 e. The van der Waals surface area contributed by atoms with E-state index < -0.39 is 5.97 Å². The Morgan fingerprint density at radius 1 is 1.32 bits per heavy atom. The van der Waals surface area contributed by atoms with Crippen molar-refractivity contribution in [2.24, 2.45) is 0 Å². The number of benzene rings is 1. The number of carboxylic acids is 1. The number of aryl methyl sites for hydroxylation is 1. The molecule has 2 aromatic rings. The van der Waals surface area contributed by atoms with Gasteiger partial charge < -0.3 is 20.3 Å². The summed E-state index contributed by atoms with van der Waals surface area (Å²) in [5, 5.41) is 20.6. The van der Waals surface area contributed by atoms with Crippen molar-refractivity contribution in [1.29, 1.82) is 0 Å². The zero-order valence-electron chi connectivity index (χ0n) is 12.3. The van der Waals surface area contributed by atoms with Gasteiger partial charge in [-0.2, -0.15) is 4.80 Å². The Kier molecular flexibility index (Phi) is 4.77. The smallest absolute Gasteiger partial charge is 0.303 e. The Labute approximate surface area is 126 Å². The lowest BCUT2D eigenvalue weighted by Gasteiger charge is -2.10. The lowest BCUT2D eigenvalue weighted by atomic mass is 10.1. The van der Waals surface area contributed by atoms with Gasteiger partial charge in [0.15, 0.2) is 11.5 Å². The van der Waals surface area contributed by atoms with E-state index in [1.54, 1.807) is 12.1 Å². The van der Waals surface area contributed by atoms with E-state index in [-0.39, 0.29) is 6.42 Å². The highest BCUT2D eigenvalue weighted by Gasteiger charge is 2.15. The normalized spacial score (nSPS) is 10.5. The lowest BCUT2D eigenvalue weighted by molar-refractivity contribution is -0.137. The predicted molar refractivity (Wildman–Crippen MR) is 77.6 cm³/mol. The first-order valence-corrected chi connectivity index (χ1v) is 6.56. The molecule has 0 saturated carbocycles. The third-order valence-corrected chi connectivity index (χ3v) is 3.00. The highest BCUT2D eigenvalue weighted by molar-refractivity contribution is 5.75. The van der Waals surface area contributed by atoms with Crippen molar-refractivity contribution in [3.8, 4) is 22.9 Å². The first-order chi connectivity index (χ1) is 10.5. The first-order valence-electron chi connectivity index (χ1n) is 6.56. The fourth-order valence-electron chi connectivity index (χ4n) is 1.91. The molecule has 0 amide bonds. The molecule has 22 heavy (non-hydrogen) atoms. The second kappa shape index (κ2) is 6.74. The number of ether oxygens (including phenoxy) is 2. The Bertz CT molecular complexity index is 670. The average molecular weight is 307 g/mol. The third-order valence-electron chi connectivity index (χ3n) is 3.00. The molecule has 1 aromatic carbocycles. The number of aliphatic carboxylic acids is 1. The van der Waals surface area contributed by atoms with Crippen LogP contribution in [0.25, 0.3) is 11.4 Å². The summed E-state index contributed by atoms with van der Waals surface area (Å²) in [6, 6.07) is 3.30. The Hall–Kier alpha value is -2.84. The molecule has 0 radical (unpaired) electrons. The van der Waals surface area contributed by atoms with Crippen LogP contribution in [0, 0.1) is 0 Å². The van der Waals surface area contributed by atoms with Gasteiger partial charge in [0.05, 0.1) is 20.8 Å². The summed E-state index contributed by atoms with van der Waals surface area (Å²) in [7, 11) is 3.04. The Morgan fingerprint density at radius 3 is 2.64 bits per heavy atom. The number of carboxylic acid groups (broad SMARTS) is 1. The summed E-state index contributed by atoms with van der Waals surface area (Å²) in [5.74, 6) is 0.504. The molecular weight excluding hydrogens is 290 g/mol. The van der Waals surface area contributed by atoms with Crippen molar-refractivity contribution in [1.82, 2.24) is 20.2 Å². The van der Waals surface area contributed by atoms with E-state index in [1.165, 1.54) is 19.0 Å². The molecule has 9 nitrogen and oxygen atoms in total. The number of nitrogens with two attached hydrogens (primary N) is 1. The molecule has 0 atom stereocenters. The van der Waals surface area contributed by atoms with Crippen molar-refractivity contribution >= 4 is 11.7 Å². The first kappa shape index (κ1) is 15.5. The SMILES string of the molecule is COc1cc(N)c(-c2nnn(CCCC(=O)O)n2)cc1OC. The largest absolute Gasteiger partial charge is 0.493 e. The van der Waals surface area contributed by atoms with Gasteiger partial charge in [-0.05, 0) is 17.7 Å². The molecule has 118 valence electrons. The van der Waals surface area contributed by atoms with Gasteiger partial charge in [-0.1, -0.05) is 0 Å². The van der Waals surface area contributed by atoms with Gasteiger partial charge in [0.2, 0.25) is 5.82 Å². The van der Waals surface area contributed by atoms with Crippen LogP contribution in [-0.4, -0.2) is 45.5 Å². The fourth-order valence-corrected chi connectivity index (χ4v) is 1.91. The molecule has 0 aliphatic heterocycles. The minimum absolute atomic E-state index is 0.0510. The molecule has 1 aromatic heterocycles. The highest BCUT2D eigenvalue weighted by Crippen LogP contribution is 2.35. The van der Waals surface area contributed by atoms with E-state index in [2.05, 4.69) is 15.4 Å². The molecule has 0 aliphatic rings. The highest BCUT2D eigenvalue weighted by atomic mass is 16.5. The van der Waals surface area contributed by atoms with E-state index in [9.17, 15) is 4.79 Å². The van der Waals surface area contributed by atoms with Crippen LogP contribution in [0.3, 0.4) is 0 Å². The minimum Gasteiger partial charge on any atom is -0.493 e. The van der Waals surface area contributed by atoms with Crippen molar-refractivity contribution in [2.75, 3.05) is 20.0 Å². The number of rotatable bonds is 7. The number of nitrogen functional groups attached to an aromatic ring is 1. The summed E-state index contributed by atoms with van der Waals surface area (Å²) in [5.41, 5.74) is 6.98. The van der Waals surface area contributed by atoms with Gasteiger partial charge in [-0.15, -0.1) is 10.2 Å². The Balaban J connectivity index is 2.21. The van der Waals surface area contributed by atoms with Gasteiger partial charge in [0.1, 0.15) is 0 Å². The second-order valence-electron chi connectivity index (χ2n) is 4.50. The molecule has 0 bridgehead atoms. The quantitative estimate of drug-likeness (QED) is 0.719. The predicted octanol–water partition coefficient (Wildman–Crippen LogP) is 0.804. The van der Waals surface area contributed by atoms with Crippen molar-refractivity contribution < 1.29 is 19.4 Å². The van der Waals surface area contributed by atoms with Gasteiger partial charge >= 0.3 is 5.97 Å². The lowest BCUT2D eigenvalue weighted by Crippen LogP contribution is -2.05. The standard InChI is InChI=1S/C13H17N5O4/c1-21-10-6-8(9(14)7-11(10)22-2)13-15-17-18(16-13)5-3-4-12(19)20/h6-7H,3-5,14H2,1-2H3,(H,19,20). The van der Waals surface area contributed by atoms with Gasteiger partial charge in [0, 0.05) is 23.7 Å². The van der Waals surface area contributed by atoms with Crippen LogP contribution >= 0.6 is 0 Å². The van der Waals surface area contributed by atoms with E-state index >= 15 is 0 Å². The molecule has 0 unspecified atom stereocenters. The molecule has 0 spiro atoms. The second-order valence-corrected chi connectivity index (χ2v) is 4.50. The maximum atomic E-state index is 10.5. The molecule has 1 heterocycles. The molecule has 2 rings (SSSR count). The summed E-state index contributed by atoms with van der Waals surface area (Å²) in [6.45, 7) is 0.368. The maximum absolute atomic E-state index is 10.5. The van der Waals surface area contributed by atoms with Crippen LogP contribution in [-0.2, 0) is 11.3 Å². The van der Waals surface area contributed by atoms with E-state index in [4.69, 9.17) is 20.3 Å². The fraction of sp³-hybridized carbons (Fsp3) is 0.385. The van der Waals surface area contributed by atoms with Crippen LogP contribution in [0.4, 0.5) is 5.69 Å². The summed E-state index contributed by atoms with van der Waals surface area (Å²) in [4.78, 5) is 11.8. The molecule has 0 fully saturated rings. The summed E-state index contributed by atoms with van der Waals surface area (Å²) < 4.78 is 10.4. The Morgan fingerprint density at radius 2 is 2.00 bits per heavy atom. The number of hydrogen-bond acceptors (Lipinski definition) is 7. The van der Waals surface area contributed by atoms with Crippen LogP contribution < -0.4 is 15.2 Å². The number of hydrogen-bond donors (Lipinski definition) is 2. The van der Waals surface area contributed by atoms with Crippen LogP contribution in [0.15, 0.2) is 12.1 Å². The van der Waals surface area contributed by atoms with E-state index in [0.29, 0.717) is 41.5 Å². The number of methoxy groups -OCH3 is 2. The van der Waals surface area contributed by atoms with Crippen LogP contribution in [0.2, 0.25) is 0 Å². The molecular formula is C13H17N5O4. The number of aromatic nitrogens is 4. The van der Waals surface area contributed by atoms with Crippen LogP contribution in [0.1, 0.15) is 12.8 Å². The van der Waals surface area contributed by atoms with Gasteiger partial charge in [-0.3, -0.25) is 4.79 Å². The van der Waals surface area contributed by atoms with Gasteiger partial charge in [-0.25, -0.2) is 0 Å². The molecule has 0 saturated heterocycles. The van der Waals surface area contributed by atoms with Crippen molar-refractivity contribution in [3.63, 3.8) is 0 Å². The summed E-state index contributed by atoms with van der Waals surface area (Å²) in [6.07, 6.45) is 0.474. The number of anilines is 1. The van der Waals surface area contributed by atoms with Gasteiger partial charge in [0.25, 0.3) is 0 Å². The van der Waals surface area contributed by atoms with Crippen molar-refractivity contribution in [2.45, 2.75) is 19.4 Å². The summed E-state index contributed by atoms with van der Waals surface area (Å²) >= 11 is 0. The average Bonchev–Trinajstić information content (AvgIpc) is 2.95. The van der Waals surface area contributed by atoms with E-state index in [1.807, 2.05) is 0 Å². The molecule has 0 aliphatic carbocycles. The zero-order chi connectivity index (χ0) is 16.1. The molecule has 3 N–H and O–H groups in total. The minimum atomic E-state index is -0.857. The van der Waals surface area contributed by atoms with E-state index in [0.717, 1.165) is 0 Å². The number of tetrazole rings is 1. The van der Waals surface area contributed by atoms with Crippen LogP contribution in [0.5, 0.6) is 11.5 Å². The third kappa shape index (κ3) is 3.43. The number of carbonyl (C=O) groups is 1. The monoisotopic (exact) mass is 307 g/mol. The zero-order valence-corrected chi connectivity index (χ0v) is 12.3. The topological polar surface area (TPSA) is 125 Å². The molecule has 9 heteroatoms.